The minimum atomic E-state index is -0.738. The lowest BCUT2D eigenvalue weighted by molar-refractivity contribution is -0.140. The number of esters is 4. The van der Waals surface area contributed by atoms with Crippen molar-refractivity contribution in [2.24, 2.45) is 0 Å². The maximum atomic E-state index is 11.5. The van der Waals surface area contributed by atoms with Gasteiger partial charge in [0, 0.05) is 24.3 Å². The van der Waals surface area contributed by atoms with E-state index < -0.39 is 23.9 Å². The van der Waals surface area contributed by atoms with E-state index in [9.17, 15) is 19.2 Å². The first kappa shape index (κ1) is 19.6. The maximum absolute atomic E-state index is 11.5. The fraction of sp³-hybridized carbons (Fsp3) is 0.176. The molecule has 0 saturated carbocycles. The van der Waals surface area contributed by atoms with Gasteiger partial charge in [0.05, 0.1) is 14.2 Å². The number of carbonyl (C=O) groups is 4. The van der Waals surface area contributed by atoms with Crippen LogP contribution in [0.1, 0.15) is 5.56 Å². The van der Waals surface area contributed by atoms with Crippen LogP contribution in [-0.2, 0) is 40.0 Å². The third kappa shape index (κ3) is 8.12. The molecule has 0 aliphatic heterocycles. The lowest BCUT2D eigenvalue weighted by Gasteiger charge is -2.04. The average molecular weight is 348 g/mol. The normalized spacial score (nSPS) is 10.5. The number of rotatable bonds is 7. The number of hydrogen-bond acceptors (Lipinski definition) is 8. The largest absolute Gasteiger partial charge is 0.466 e. The van der Waals surface area contributed by atoms with Gasteiger partial charge in [0.25, 0.3) is 0 Å². The van der Waals surface area contributed by atoms with Gasteiger partial charge in [-0.3, -0.25) is 0 Å². The molecule has 25 heavy (non-hydrogen) atoms. The molecule has 1 rings (SSSR count). The molecule has 1 aromatic carbocycles. The molecule has 0 bridgehead atoms. The Balaban J connectivity index is 2.48. The summed E-state index contributed by atoms with van der Waals surface area (Å²) in [4.78, 5) is 44.5. The highest BCUT2D eigenvalue weighted by Crippen LogP contribution is 2.13. The van der Waals surface area contributed by atoms with Gasteiger partial charge in [-0.1, -0.05) is 12.1 Å². The molecule has 0 aliphatic rings. The first-order chi connectivity index (χ1) is 11.9. The van der Waals surface area contributed by atoms with Crippen molar-refractivity contribution >= 4 is 23.9 Å². The molecule has 8 heteroatoms. The summed E-state index contributed by atoms with van der Waals surface area (Å²) in [7, 11) is 2.38. The summed E-state index contributed by atoms with van der Waals surface area (Å²) in [6.07, 6.45) is 3.79. The highest BCUT2D eigenvalue weighted by atomic mass is 16.5. The van der Waals surface area contributed by atoms with Gasteiger partial charge in [0.15, 0.2) is 0 Å². The summed E-state index contributed by atoms with van der Waals surface area (Å²) in [5.74, 6) is -2.52. The Labute approximate surface area is 143 Å². The van der Waals surface area contributed by atoms with Crippen LogP contribution in [0.15, 0.2) is 48.6 Å². The second-order valence-electron chi connectivity index (χ2n) is 4.39. The number of carbonyl (C=O) groups excluding carboxylic acids is 4. The number of methoxy groups -OCH3 is 2. The molecule has 0 N–H and O–H groups in total. The third-order valence-corrected chi connectivity index (χ3v) is 2.64. The Bertz CT molecular complexity index is 685. The van der Waals surface area contributed by atoms with Crippen molar-refractivity contribution in [3.05, 3.63) is 54.1 Å². The fourth-order valence-corrected chi connectivity index (χ4v) is 1.41. The molecular formula is C17H16O8. The van der Waals surface area contributed by atoms with Gasteiger partial charge >= 0.3 is 23.9 Å². The topological polar surface area (TPSA) is 105 Å². The van der Waals surface area contributed by atoms with Gasteiger partial charge in [-0.15, -0.1) is 0 Å². The molecule has 0 heterocycles. The van der Waals surface area contributed by atoms with Crippen LogP contribution in [0.5, 0.6) is 5.75 Å². The van der Waals surface area contributed by atoms with Gasteiger partial charge in [-0.2, -0.15) is 0 Å². The maximum Gasteiger partial charge on any atom is 0.336 e. The van der Waals surface area contributed by atoms with E-state index in [1.54, 1.807) is 12.1 Å². The van der Waals surface area contributed by atoms with Crippen molar-refractivity contribution in [3.8, 4) is 5.75 Å². The van der Waals surface area contributed by atoms with E-state index in [1.807, 2.05) is 0 Å². The Morgan fingerprint density at radius 2 is 1.24 bits per heavy atom. The van der Waals surface area contributed by atoms with E-state index in [2.05, 4.69) is 9.47 Å². The van der Waals surface area contributed by atoms with E-state index in [-0.39, 0.29) is 12.4 Å². The second-order valence-corrected chi connectivity index (χ2v) is 4.39. The van der Waals surface area contributed by atoms with Crippen LogP contribution in [0, 0.1) is 0 Å². The van der Waals surface area contributed by atoms with E-state index >= 15 is 0 Å². The molecule has 0 aliphatic carbocycles. The quantitative estimate of drug-likeness (QED) is 0.312. The van der Waals surface area contributed by atoms with Crippen molar-refractivity contribution in [3.63, 3.8) is 0 Å². The number of hydrogen-bond donors (Lipinski definition) is 0. The first-order valence-corrected chi connectivity index (χ1v) is 6.94. The molecule has 132 valence electrons. The average Bonchev–Trinajstić information content (AvgIpc) is 2.63. The second kappa shape index (κ2) is 10.4. The highest BCUT2D eigenvalue weighted by molar-refractivity contribution is 5.92. The van der Waals surface area contributed by atoms with Gasteiger partial charge < -0.3 is 18.9 Å². The molecule has 0 aromatic heterocycles. The lowest BCUT2D eigenvalue weighted by atomic mass is 10.2. The van der Waals surface area contributed by atoms with Crippen LogP contribution in [0.2, 0.25) is 0 Å². The molecule has 0 spiro atoms. The minimum absolute atomic E-state index is 0.0270. The van der Waals surface area contributed by atoms with E-state index in [0.717, 1.165) is 24.3 Å². The lowest BCUT2D eigenvalue weighted by Crippen LogP contribution is -2.06. The summed E-state index contributed by atoms with van der Waals surface area (Å²) in [5.41, 5.74) is 0.643. The zero-order chi connectivity index (χ0) is 18.7. The van der Waals surface area contributed by atoms with Crippen LogP contribution in [-0.4, -0.2) is 38.1 Å². The Morgan fingerprint density at radius 1 is 0.760 bits per heavy atom. The van der Waals surface area contributed by atoms with Crippen molar-refractivity contribution in [1.82, 2.24) is 0 Å². The number of benzene rings is 1. The molecule has 1 aromatic rings. The third-order valence-electron chi connectivity index (χ3n) is 2.64. The molecule has 8 nitrogen and oxygen atoms in total. The summed E-state index contributed by atoms with van der Waals surface area (Å²) in [6.45, 7) is -0.0270. The molecule has 0 radical (unpaired) electrons. The zero-order valence-corrected chi connectivity index (χ0v) is 13.6. The Kier molecular flexibility index (Phi) is 8.14. The number of ether oxygens (including phenoxy) is 4. The van der Waals surface area contributed by atoms with E-state index in [4.69, 9.17) is 9.47 Å². The van der Waals surface area contributed by atoms with Crippen LogP contribution >= 0.6 is 0 Å². The smallest absolute Gasteiger partial charge is 0.336 e. The predicted molar refractivity (Wildman–Crippen MR) is 84.2 cm³/mol. The van der Waals surface area contributed by atoms with Crippen LogP contribution < -0.4 is 4.74 Å². The van der Waals surface area contributed by atoms with Crippen molar-refractivity contribution in [2.75, 3.05) is 14.2 Å². The summed E-state index contributed by atoms with van der Waals surface area (Å²) < 4.78 is 18.6. The van der Waals surface area contributed by atoms with Gasteiger partial charge in [-0.25, -0.2) is 19.2 Å². The van der Waals surface area contributed by atoms with Crippen molar-refractivity contribution in [1.29, 1.82) is 0 Å². The van der Waals surface area contributed by atoms with Crippen LogP contribution in [0.3, 0.4) is 0 Å². The van der Waals surface area contributed by atoms with E-state index in [0.29, 0.717) is 5.56 Å². The molecule has 0 fully saturated rings. The highest BCUT2D eigenvalue weighted by Gasteiger charge is 2.04. The standard InChI is InChI=1S/C17H16O8/c1-22-14(18)7-9-16(20)24-11-12-3-5-13(6-4-12)25-17(21)10-8-15(19)23-2/h3-10H,11H2,1-2H3/b9-7+,10-8+. The summed E-state index contributed by atoms with van der Waals surface area (Å²) >= 11 is 0. The van der Waals surface area contributed by atoms with Gasteiger partial charge in [-0.05, 0) is 17.7 Å². The SMILES string of the molecule is COC(=O)/C=C/C(=O)OCc1ccc(OC(=O)/C=C/C(=O)OC)cc1. The molecule has 0 atom stereocenters. The predicted octanol–water partition coefficient (Wildman–Crippen LogP) is 1.09. The van der Waals surface area contributed by atoms with Crippen LogP contribution in [0.4, 0.5) is 0 Å². The minimum Gasteiger partial charge on any atom is -0.466 e. The Hall–Kier alpha value is -3.42. The van der Waals surface area contributed by atoms with Crippen molar-refractivity contribution < 1.29 is 38.1 Å². The molecule has 0 amide bonds. The molecular weight excluding hydrogens is 332 g/mol. The van der Waals surface area contributed by atoms with Gasteiger partial charge in [0.2, 0.25) is 0 Å². The van der Waals surface area contributed by atoms with Gasteiger partial charge in [0.1, 0.15) is 12.4 Å². The first-order valence-electron chi connectivity index (χ1n) is 6.94. The zero-order valence-electron chi connectivity index (χ0n) is 13.6. The van der Waals surface area contributed by atoms with Crippen LogP contribution in [0.25, 0.3) is 0 Å². The molecule has 0 unspecified atom stereocenters. The Morgan fingerprint density at radius 3 is 1.76 bits per heavy atom. The molecule has 0 saturated heterocycles. The van der Waals surface area contributed by atoms with E-state index in [1.165, 1.54) is 26.4 Å². The fourth-order valence-electron chi connectivity index (χ4n) is 1.41. The van der Waals surface area contributed by atoms with Crippen molar-refractivity contribution in [2.45, 2.75) is 6.61 Å². The summed E-state index contributed by atoms with van der Waals surface area (Å²) in [5, 5.41) is 0. The monoisotopic (exact) mass is 348 g/mol. The summed E-state index contributed by atoms with van der Waals surface area (Å²) in [6, 6.07) is 6.17.